The van der Waals surface area contributed by atoms with Crippen LogP contribution in [0.15, 0.2) is 54.6 Å². The number of rotatable bonds is 8. The number of ether oxygens (including phenoxy) is 1. The van der Waals surface area contributed by atoms with Gasteiger partial charge in [-0.05, 0) is 31.0 Å². The molecule has 0 radical (unpaired) electrons. The molecule has 142 valence electrons. The molecule has 0 aliphatic rings. The Kier molecular flexibility index (Phi) is 7.55. The first kappa shape index (κ1) is 20.2. The van der Waals surface area contributed by atoms with E-state index in [2.05, 4.69) is 10.6 Å². The van der Waals surface area contributed by atoms with E-state index in [9.17, 15) is 14.4 Å². The normalized spacial score (nSPS) is 11.3. The zero-order valence-electron chi connectivity index (χ0n) is 15.5. The molecule has 2 N–H and O–H groups in total. The lowest BCUT2D eigenvalue weighted by Gasteiger charge is -2.17. The number of carbonyl (C=O) groups is 3. The highest BCUT2D eigenvalue weighted by atomic mass is 16.5. The van der Waals surface area contributed by atoms with Gasteiger partial charge >= 0.3 is 5.97 Å². The minimum atomic E-state index is -0.812. The highest BCUT2D eigenvalue weighted by Gasteiger charge is 2.21. The van der Waals surface area contributed by atoms with Crippen LogP contribution in [-0.2, 0) is 25.7 Å². The zero-order valence-corrected chi connectivity index (χ0v) is 15.5. The van der Waals surface area contributed by atoms with E-state index < -0.39 is 12.0 Å². The van der Waals surface area contributed by atoms with E-state index in [1.165, 1.54) is 6.92 Å². The zero-order chi connectivity index (χ0) is 19.6. The maximum atomic E-state index is 12.4. The summed E-state index contributed by atoms with van der Waals surface area (Å²) in [6, 6.07) is 15.9. The topological polar surface area (TPSA) is 84.5 Å². The molecule has 0 aliphatic carbocycles. The second kappa shape index (κ2) is 10.1. The average molecular weight is 368 g/mol. The molecule has 2 aromatic rings. The number of carbonyl (C=O) groups excluding carboxylic acids is 3. The Balaban J connectivity index is 1.87. The Morgan fingerprint density at radius 2 is 1.67 bits per heavy atom. The number of amides is 2. The van der Waals surface area contributed by atoms with Gasteiger partial charge in [0.2, 0.25) is 11.8 Å². The van der Waals surface area contributed by atoms with Gasteiger partial charge in [-0.25, -0.2) is 0 Å². The second-order valence-electron chi connectivity index (χ2n) is 6.29. The van der Waals surface area contributed by atoms with Gasteiger partial charge in [-0.3, -0.25) is 14.4 Å². The first-order valence-corrected chi connectivity index (χ1v) is 8.78. The standard InChI is InChI=1S/C21H24N2O4/c1-15-8-10-18(11-9-15)23-21(26)19(22-16(2)24)12-13-20(25)27-14-17-6-4-3-5-7-17/h3-11,19H,12-14H2,1-2H3,(H,22,24)(H,23,26). The van der Waals surface area contributed by atoms with Crippen molar-refractivity contribution in [3.8, 4) is 0 Å². The largest absolute Gasteiger partial charge is 0.461 e. The molecule has 0 heterocycles. The van der Waals surface area contributed by atoms with Gasteiger partial charge in [0.25, 0.3) is 0 Å². The summed E-state index contributed by atoms with van der Waals surface area (Å²) in [5.74, 6) is -1.13. The Morgan fingerprint density at radius 1 is 1.00 bits per heavy atom. The van der Waals surface area contributed by atoms with Crippen LogP contribution in [0.2, 0.25) is 0 Å². The third-order valence-corrected chi connectivity index (χ3v) is 3.89. The van der Waals surface area contributed by atoms with Gasteiger partial charge in [0.15, 0.2) is 0 Å². The molecular weight excluding hydrogens is 344 g/mol. The molecule has 6 nitrogen and oxygen atoms in total. The van der Waals surface area contributed by atoms with Crippen molar-refractivity contribution in [1.82, 2.24) is 5.32 Å². The van der Waals surface area contributed by atoms with Gasteiger partial charge in [-0.2, -0.15) is 0 Å². The number of benzene rings is 2. The van der Waals surface area contributed by atoms with Crippen molar-refractivity contribution in [3.63, 3.8) is 0 Å². The van der Waals surface area contributed by atoms with Crippen LogP contribution in [0.3, 0.4) is 0 Å². The van der Waals surface area contributed by atoms with Crippen LogP contribution in [0.25, 0.3) is 0 Å². The quantitative estimate of drug-likeness (QED) is 0.702. The number of nitrogens with one attached hydrogen (secondary N) is 2. The van der Waals surface area contributed by atoms with Gasteiger partial charge < -0.3 is 15.4 Å². The summed E-state index contributed by atoms with van der Waals surface area (Å²) in [6.07, 6.45) is 0.185. The Bertz CT molecular complexity index is 773. The summed E-state index contributed by atoms with van der Waals surface area (Å²) in [6.45, 7) is 3.46. The predicted molar refractivity (Wildman–Crippen MR) is 103 cm³/mol. The first-order valence-electron chi connectivity index (χ1n) is 8.78. The van der Waals surface area contributed by atoms with Crippen molar-refractivity contribution >= 4 is 23.5 Å². The van der Waals surface area contributed by atoms with Gasteiger partial charge in [-0.15, -0.1) is 0 Å². The summed E-state index contributed by atoms with van der Waals surface area (Å²) >= 11 is 0. The number of aryl methyl sites for hydroxylation is 1. The van der Waals surface area contributed by atoms with E-state index in [4.69, 9.17) is 4.74 Å². The molecule has 0 fully saturated rings. The predicted octanol–water partition coefficient (Wildman–Crippen LogP) is 2.96. The van der Waals surface area contributed by atoms with Crippen molar-refractivity contribution in [2.24, 2.45) is 0 Å². The van der Waals surface area contributed by atoms with Crippen LogP contribution in [0.1, 0.15) is 30.9 Å². The second-order valence-corrected chi connectivity index (χ2v) is 6.29. The van der Waals surface area contributed by atoms with Crippen LogP contribution in [0, 0.1) is 6.92 Å². The van der Waals surface area contributed by atoms with E-state index in [-0.39, 0.29) is 31.3 Å². The maximum absolute atomic E-state index is 12.4. The molecule has 0 saturated heterocycles. The Hall–Kier alpha value is -3.15. The Morgan fingerprint density at radius 3 is 2.30 bits per heavy atom. The van der Waals surface area contributed by atoms with E-state index in [1.807, 2.05) is 49.4 Å². The molecular formula is C21H24N2O4. The molecule has 27 heavy (non-hydrogen) atoms. The van der Waals surface area contributed by atoms with Crippen LogP contribution >= 0.6 is 0 Å². The summed E-state index contributed by atoms with van der Waals surface area (Å²) in [7, 11) is 0. The molecule has 2 amide bonds. The summed E-state index contributed by atoms with van der Waals surface area (Å²) < 4.78 is 5.21. The highest BCUT2D eigenvalue weighted by molar-refractivity contribution is 5.97. The van der Waals surface area contributed by atoms with Crippen molar-refractivity contribution in [1.29, 1.82) is 0 Å². The molecule has 0 aliphatic heterocycles. The summed E-state index contributed by atoms with van der Waals surface area (Å²) in [4.78, 5) is 35.8. The summed E-state index contributed by atoms with van der Waals surface area (Å²) in [5, 5.41) is 5.33. The van der Waals surface area contributed by atoms with Crippen molar-refractivity contribution in [2.75, 3.05) is 5.32 Å². The fraction of sp³-hybridized carbons (Fsp3) is 0.286. The van der Waals surface area contributed by atoms with Crippen LogP contribution < -0.4 is 10.6 Å². The highest BCUT2D eigenvalue weighted by Crippen LogP contribution is 2.11. The van der Waals surface area contributed by atoms with Crippen molar-refractivity contribution in [2.45, 2.75) is 39.3 Å². The summed E-state index contributed by atoms with van der Waals surface area (Å²) in [5.41, 5.74) is 2.60. The molecule has 1 atom stereocenters. The lowest BCUT2D eigenvalue weighted by atomic mass is 10.1. The van der Waals surface area contributed by atoms with Crippen LogP contribution in [0.4, 0.5) is 5.69 Å². The van der Waals surface area contributed by atoms with Gasteiger partial charge in [-0.1, -0.05) is 48.0 Å². The van der Waals surface area contributed by atoms with Crippen molar-refractivity contribution in [3.05, 3.63) is 65.7 Å². The molecule has 6 heteroatoms. The number of hydrogen-bond donors (Lipinski definition) is 2. The van der Waals surface area contributed by atoms with Gasteiger partial charge in [0.05, 0.1) is 0 Å². The van der Waals surface area contributed by atoms with E-state index >= 15 is 0 Å². The fourth-order valence-corrected chi connectivity index (χ4v) is 2.45. The third kappa shape index (κ3) is 7.32. The molecule has 2 aromatic carbocycles. The molecule has 0 aromatic heterocycles. The lowest BCUT2D eigenvalue weighted by Crippen LogP contribution is -2.43. The van der Waals surface area contributed by atoms with Gasteiger partial charge in [0.1, 0.15) is 12.6 Å². The first-order chi connectivity index (χ1) is 12.9. The number of hydrogen-bond acceptors (Lipinski definition) is 4. The Labute approximate surface area is 158 Å². The monoisotopic (exact) mass is 368 g/mol. The maximum Gasteiger partial charge on any atom is 0.306 e. The SMILES string of the molecule is CC(=O)NC(CCC(=O)OCc1ccccc1)C(=O)Nc1ccc(C)cc1. The molecule has 2 rings (SSSR count). The minimum Gasteiger partial charge on any atom is -0.461 e. The van der Waals surface area contributed by atoms with E-state index in [0.29, 0.717) is 5.69 Å². The average Bonchev–Trinajstić information content (AvgIpc) is 2.65. The third-order valence-electron chi connectivity index (χ3n) is 3.89. The molecule has 0 spiro atoms. The number of anilines is 1. The van der Waals surface area contributed by atoms with Gasteiger partial charge in [0, 0.05) is 19.0 Å². The van der Waals surface area contributed by atoms with Crippen LogP contribution in [0.5, 0.6) is 0 Å². The minimum absolute atomic E-state index is 0.0269. The number of esters is 1. The van der Waals surface area contributed by atoms with E-state index in [0.717, 1.165) is 11.1 Å². The fourth-order valence-electron chi connectivity index (χ4n) is 2.45. The molecule has 0 bridgehead atoms. The van der Waals surface area contributed by atoms with E-state index in [1.54, 1.807) is 12.1 Å². The van der Waals surface area contributed by atoms with Crippen molar-refractivity contribution < 1.29 is 19.1 Å². The van der Waals surface area contributed by atoms with Crippen LogP contribution in [-0.4, -0.2) is 23.8 Å². The lowest BCUT2D eigenvalue weighted by molar-refractivity contribution is -0.145. The molecule has 0 saturated carbocycles. The molecule has 1 unspecified atom stereocenters. The smallest absolute Gasteiger partial charge is 0.306 e.